The maximum absolute atomic E-state index is 3.55. The van der Waals surface area contributed by atoms with E-state index in [0.29, 0.717) is 5.92 Å². The zero-order chi connectivity index (χ0) is 11.8. The molecule has 1 aromatic rings. The van der Waals surface area contributed by atoms with E-state index in [0.717, 1.165) is 12.6 Å². The van der Waals surface area contributed by atoms with Gasteiger partial charge >= 0.3 is 0 Å². The van der Waals surface area contributed by atoms with Crippen molar-refractivity contribution in [2.75, 3.05) is 24.5 Å². The zero-order valence-electron chi connectivity index (χ0n) is 10.9. The van der Waals surface area contributed by atoms with Crippen LogP contribution in [0.3, 0.4) is 0 Å². The van der Waals surface area contributed by atoms with Crippen molar-refractivity contribution < 1.29 is 0 Å². The highest BCUT2D eigenvalue weighted by molar-refractivity contribution is 5.66. The first-order chi connectivity index (χ1) is 8.33. The quantitative estimate of drug-likeness (QED) is 0.840. The Morgan fingerprint density at radius 2 is 2.29 bits per heavy atom. The molecule has 2 heterocycles. The SMILES string of the molecule is CCCN1c2c(C)cccc2[C@@H]2CNCC[C@@H]21. The number of hydrogen-bond acceptors (Lipinski definition) is 2. The first-order valence-corrected chi connectivity index (χ1v) is 6.89. The Bertz CT molecular complexity index is 413. The lowest BCUT2D eigenvalue weighted by molar-refractivity contribution is 0.402. The van der Waals surface area contributed by atoms with Gasteiger partial charge in [-0.1, -0.05) is 25.1 Å². The smallest absolute Gasteiger partial charge is 0.0435 e. The van der Waals surface area contributed by atoms with Crippen LogP contribution in [-0.2, 0) is 0 Å². The molecule has 17 heavy (non-hydrogen) atoms. The average molecular weight is 230 g/mol. The Kier molecular flexibility index (Phi) is 2.83. The molecule has 0 amide bonds. The van der Waals surface area contributed by atoms with Gasteiger partial charge in [-0.15, -0.1) is 0 Å². The Labute approximate surface area is 104 Å². The van der Waals surface area contributed by atoms with Crippen LogP contribution in [0.25, 0.3) is 0 Å². The van der Waals surface area contributed by atoms with E-state index in [-0.39, 0.29) is 0 Å². The summed E-state index contributed by atoms with van der Waals surface area (Å²) in [5, 5.41) is 3.55. The van der Waals surface area contributed by atoms with Crippen molar-refractivity contribution in [3.63, 3.8) is 0 Å². The second-order valence-electron chi connectivity index (χ2n) is 5.37. The molecule has 1 saturated heterocycles. The molecular weight excluding hydrogens is 208 g/mol. The Balaban J connectivity index is 2.05. The summed E-state index contributed by atoms with van der Waals surface area (Å²) < 4.78 is 0. The predicted molar refractivity (Wildman–Crippen MR) is 72.8 cm³/mol. The number of nitrogens with one attached hydrogen (secondary N) is 1. The summed E-state index contributed by atoms with van der Waals surface area (Å²) in [6, 6.07) is 7.55. The molecule has 1 N–H and O–H groups in total. The minimum atomic E-state index is 0.713. The Hall–Kier alpha value is -1.02. The summed E-state index contributed by atoms with van der Waals surface area (Å²) in [5.74, 6) is 0.713. The minimum absolute atomic E-state index is 0.713. The average Bonchev–Trinajstić information content (AvgIpc) is 2.67. The van der Waals surface area contributed by atoms with Crippen LogP contribution in [0.4, 0.5) is 5.69 Å². The number of fused-ring (bicyclic) bond motifs is 3. The maximum atomic E-state index is 3.55. The summed E-state index contributed by atoms with van der Waals surface area (Å²) in [4.78, 5) is 2.68. The van der Waals surface area contributed by atoms with Gasteiger partial charge in [0, 0.05) is 30.7 Å². The lowest BCUT2D eigenvalue weighted by Crippen LogP contribution is -2.44. The van der Waals surface area contributed by atoms with E-state index in [1.807, 2.05) is 0 Å². The van der Waals surface area contributed by atoms with E-state index < -0.39 is 0 Å². The second-order valence-corrected chi connectivity index (χ2v) is 5.37. The number of anilines is 1. The predicted octanol–water partition coefficient (Wildman–Crippen LogP) is 2.67. The van der Waals surface area contributed by atoms with Gasteiger partial charge in [0.1, 0.15) is 0 Å². The number of rotatable bonds is 2. The third kappa shape index (κ3) is 1.66. The van der Waals surface area contributed by atoms with Gasteiger partial charge in [0.05, 0.1) is 0 Å². The molecule has 2 nitrogen and oxygen atoms in total. The summed E-state index contributed by atoms with van der Waals surface area (Å²) in [6.07, 6.45) is 2.53. The van der Waals surface area contributed by atoms with Crippen molar-refractivity contribution in [2.45, 2.75) is 38.6 Å². The fourth-order valence-corrected chi connectivity index (χ4v) is 3.59. The monoisotopic (exact) mass is 230 g/mol. The lowest BCUT2D eigenvalue weighted by atomic mass is 9.90. The van der Waals surface area contributed by atoms with Gasteiger partial charge in [-0.2, -0.15) is 0 Å². The minimum Gasteiger partial charge on any atom is -0.367 e. The molecule has 2 aliphatic heterocycles. The van der Waals surface area contributed by atoms with Crippen LogP contribution in [-0.4, -0.2) is 25.7 Å². The lowest BCUT2D eigenvalue weighted by Gasteiger charge is -2.34. The number of benzene rings is 1. The van der Waals surface area contributed by atoms with Crippen molar-refractivity contribution in [3.8, 4) is 0 Å². The third-order valence-corrected chi connectivity index (χ3v) is 4.27. The van der Waals surface area contributed by atoms with Gasteiger partial charge in [0.2, 0.25) is 0 Å². The molecule has 0 unspecified atom stereocenters. The molecule has 0 spiro atoms. The molecule has 92 valence electrons. The van der Waals surface area contributed by atoms with Gasteiger partial charge in [-0.25, -0.2) is 0 Å². The highest BCUT2D eigenvalue weighted by Crippen LogP contribution is 2.44. The molecule has 0 saturated carbocycles. The highest BCUT2D eigenvalue weighted by atomic mass is 15.2. The molecule has 0 aromatic heterocycles. The fraction of sp³-hybridized carbons (Fsp3) is 0.600. The highest BCUT2D eigenvalue weighted by Gasteiger charge is 2.39. The first-order valence-electron chi connectivity index (χ1n) is 6.89. The van der Waals surface area contributed by atoms with Crippen molar-refractivity contribution in [1.82, 2.24) is 5.32 Å². The van der Waals surface area contributed by atoms with E-state index in [9.17, 15) is 0 Å². The summed E-state index contributed by atoms with van der Waals surface area (Å²) in [7, 11) is 0. The number of hydrogen-bond donors (Lipinski definition) is 1. The van der Waals surface area contributed by atoms with Crippen molar-refractivity contribution in [2.24, 2.45) is 0 Å². The van der Waals surface area contributed by atoms with Crippen LogP contribution in [0.15, 0.2) is 18.2 Å². The molecule has 2 aliphatic rings. The largest absolute Gasteiger partial charge is 0.367 e. The van der Waals surface area contributed by atoms with E-state index in [2.05, 4.69) is 42.3 Å². The van der Waals surface area contributed by atoms with Crippen LogP contribution in [0.1, 0.15) is 36.8 Å². The Morgan fingerprint density at radius 1 is 1.41 bits per heavy atom. The van der Waals surface area contributed by atoms with Crippen molar-refractivity contribution >= 4 is 5.69 Å². The molecule has 0 bridgehead atoms. The van der Waals surface area contributed by atoms with Crippen LogP contribution in [0.5, 0.6) is 0 Å². The number of piperidine rings is 1. The standard InChI is InChI=1S/C15H22N2/c1-3-9-17-14-7-8-16-10-13(14)12-6-4-5-11(2)15(12)17/h4-6,13-14,16H,3,7-10H2,1-2H3/t13-,14-/m0/s1. The van der Waals surface area contributed by atoms with E-state index in [1.165, 1.54) is 37.2 Å². The van der Waals surface area contributed by atoms with Crippen molar-refractivity contribution in [3.05, 3.63) is 29.3 Å². The Morgan fingerprint density at radius 3 is 3.12 bits per heavy atom. The van der Waals surface area contributed by atoms with Gasteiger partial charge in [0.15, 0.2) is 0 Å². The van der Waals surface area contributed by atoms with E-state index >= 15 is 0 Å². The topological polar surface area (TPSA) is 15.3 Å². The molecule has 3 rings (SSSR count). The maximum Gasteiger partial charge on any atom is 0.0435 e. The zero-order valence-corrected chi connectivity index (χ0v) is 10.9. The number of aryl methyl sites for hydroxylation is 1. The van der Waals surface area contributed by atoms with Gasteiger partial charge in [-0.3, -0.25) is 0 Å². The second kappa shape index (κ2) is 4.34. The van der Waals surface area contributed by atoms with Crippen LogP contribution < -0.4 is 10.2 Å². The number of para-hydroxylation sites is 1. The van der Waals surface area contributed by atoms with Gasteiger partial charge < -0.3 is 10.2 Å². The molecule has 2 heteroatoms. The molecule has 0 aliphatic carbocycles. The van der Waals surface area contributed by atoms with Crippen LogP contribution >= 0.6 is 0 Å². The summed E-state index contributed by atoms with van der Waals surface area (Å²) >= 11 is 0. The normalized spacial score (nSPS) is 26.8. The molecule has 1 aromatic carbocycles. The summed E-state index contributed by atoms with van der Waals surface area (Å²) in [6.45, 7) is 8.08. The van der Waals surface area contributed by atoms with Crippen LogP contribution in [0, 0.1) is 6.92 Å². The summed E-state index contributed by atoms with van der Waals surface area (Å²) in [5.41, 5.74) is 4.56. The van der Waals surface area contributed by atoms with Gasteiger partial charge in [0.25, 0.3) is 0 Å². The van der Waals surface area contributed by atoms with E-state index in [4.69, 9.17) is 0 Å². The van der Waals surface area contributed by atoms with E-state index in [1.54, 1.807) is 5.56 Å². The van der Waals surface area contributed by atoms with Gasteiger partial charge in [-0.05, 0) is 37.4 Å². The molecule has 0 radical (unpaired) electrons. The van der Waals surface area contributed by atoms with Crippen LogP contribution in [0.2, 0.25) is 0 Å². The molecule has 1 fully saturated rings. The third-order valence-electron chi connectivity index (χ3n) is 4.27. The van der Waals surface area contributed by atoms with Crippen molar-refractivity contribution in [1.29, 1.82) is 0 Å². The number of nitrogens with zero attached hydrogens (tertiary/aromatic N) is 1. The fourth-order valence-electron chi connectivity index (χ4n) is 3.59. The first kappa shape index (κ1) is 11.1. The molecular formula is C15H22N2. The molecule has 2 atom stereocenters.